The largest absolute Gasteiger partial charge is 0.462 e. The van der Waals surface area contributed by atoms with Crippen LogP contribution in [-0.2, 0) is 14.3 Å². The molecule has 1 amide bonds. The van der Waals surface area contributed by atoms with E-state index in [4.69, 9.17) is 5.84 Å². The zero-order valence-electron chi connectivity index (χ0n) is 12.4. The number of nitrogens with two attached hydrogens (primary N) is 1. The third kappa shape index (κ3) is 13.5. The molecule has 8 heteroatoms. The van der Waals surface area contributed by atoms with Gasteiger partial charge in [-0.05, 0) is 43.7 Å². The molecule has 0 aliphatic rings. The van der Waals surface area contributed by atoms with Gasteiger partial charge in [-0.1, -0.05) is 16.9 Å². The van der Waals surface area contributed by atoms with E-state index in [9.17, 15) is 9.59 Å². The Morgan fingerprint density at radius 2 is 2.19 bits per heavy atom. The van der Waals surface area contributed by atoms with Crippen LogP contribution >= 0.6 is 21.6 Å². The lowest BCUT2D eigenvalue weighted by Gasteiger charge is -2.14. The summed E-state index contributed by atoms with van der Waals surface area (Å²) in [6.45, 7) is 5.92. The molecule has 118 valence electrons. The minimum atomic E-state index is -0.318. The molecule has 0 aromatic carbocycles. The SMILES string of the molecule is CC(C)(C)OC=O.NNC(=O)CCSSc1ccccn1. The number of amides is 1. The summed E-state index contributed by atoms with van der Waals surface area (Å²) in [5.41, 5.74) is 1.77. The van der Waals surface area contributed by atoms with Gasteiger partial charge in [-0.3, -0.25) is 15.0 Å². The number of ether oxygens (including phenoxy) is 1. The number of hydrazine groups is 1. The third-order valence-corrected chi connectivity index (χ3v) is 4.02. The summed E-state index contributed by atoms with van der Waals surface area (Å²) in [7, 11) is 3.15. The minimum absolute atomic E-state index is 0.140. The fourth-order valence-electron chi connectivity index (χ4n) is 0.849. The van der Waals surface area contributed by atoms with Crippen molar-refractivity contribution >= 4 is 34.0 Å². The van der Waals surface area contributed by atoms with E-state index in [0.29, 0.717) is 12.9 Å². The maximum absolute atomic E-state index is 10.7. The number of hydrogen-bond donors (Lipinski definition) is 2. The molecule has 1 rings (SSSR count). The molecule has 0 fully saturated rings. The van der Waals surface area contributed by atoms with E-state index in [1.165, 1.54) is 0 Å². The van der Waals surface area contributed by atoms with Crippen molar-refractivity contribution < 1.29 is 14.3 Å². The zero-order valence-corrected chi connectivity index (χ0v) is 14.0. The molecule has 6 nitrogen and oxygen atoms in total. The van der Waals surface area contributed by atoms with Crippen molar-refractivity contribution in [2.75, 3.05) is 5.75 Å². The highest BCUT2D eigenvalue weighted by atomic mass is 33.1. The van der Waals surface area contributed by atoms with Crippen LogP contribution in [0.2, 0.25) is 0 Å². The topological polar surface area (TPSA) is 94.3 Å². The Kier molecular flexibility index (Phi) is 10.7. The summed E-state index contributed by atoms with van der Waals surface area (Å²) in [6.07, 6.45) is 2.18. The molecule has 21 heavy (non-hydrogen) atoms. The molecule has 1 heterocycles. The van der Waals surface area contributed by atoms with Gasteiger partial charge in [-0.2, -0.15) is 0 Å². The normalized spacial score (nSPS) is 10.1. The standard InChI is InChI=1S/C8H11N3OS2.C5H10O2/c9-11-7(12)4-6-13-14-8-3-1-2-5-10-8;1-5(2,3)7-4-6/h1-3,5H,4,6,9H2,(H,11,12);4H,1-3H3. The van der Waals surface area contributed by atoms with Crippen molar-refractivity contribution in [3.05, 3.63) is 24.4 Å². The Balaban J connectivity index is 0.000000486. The van der Waals surface area contributed by atoms with E-state index in [-0.39, 0.29) is 11.5 Å². The van der Waals surface area contributed by atoms with Crippen LogP contribution in [0.5, 0.6) is 0 Å². The molecule has 0 atom stereocenters. The number of rotatable bonds is 6. The first kappa shape index (κ1) is 19.8. The smallest absolute Gasteiger partial charge is 0.293 e. The van der Waals surface area contributed by atoms with Crippen molar-refractivity contribution in [3.8, 4) is 0 Å². The first-order valence-electron chi connectivity index (χ1n) is 6.20. The molecule has 0 bridgehead atoms. The molecule has 1 aromatic rings. The first-order valence-corrected chi connectivity index (χ1v) is 8.52. The monoisotopic (exact) mass is 331 g/mol. The van der Waals surface area contributed by atoms with Crippen LogP contribution in [0.3, 0.4) is 0 Å². The van der Waals surface area contributed by atoms with E-state index >= 15 is 0 Å². The predicted molar refractivity (Wildman–Crippen MR) is 86.4 cm³/mol. The summed E-state index contributed by atoms with van der Waals surface area (Å²) < 4.78 is 4.55. The highest BCUT2D eigenvalue weighted by molar-refractivity contribution is 8.76. The number of pyridine rings is 1. The van der Waals surface area contributed by atoms with Gasteiger partial charge < -0.3 is 4.74 Å². The Hall–Kier alpha value is -1.25. The van der Waals surface area contributed by atoms with Crippen molar-refractivity contribution in [2.24, 2.45) is 5.84 Å². The molecule has 1 aromatic heterocycles. The zero-order chi connectivity index (χ0) is 16.1. The fourth-order valence-corrected chi connectivity index (χ4v) is 2.72. The summed E-state index contributed by atoms with van der Waals surface area (Å²) in [5, 5.41) is 0.950. The maximum atomic E-state index is 10.7. The Bertz CT molecular complexity index is 411. The van der Waals surface area contributed by atoms with Crippen LogP contribution in [0, 0.1) is 0 Å². The molecular weight excluding hydrogens is 310 g/mol. The third-order valence-electron chi connectivity index (χ3n) is 1.76. The van der Waals surface area contributed by atoms with Gasteiger partial charge >= 0.3 is 0 Å². The highest BCUT2D eigenvalue weighted by Gasteiger charge is 2.07. The van der Waals surface area contributed by atoms with Crippen molar-refractivity contribution in [2.45, 2.75) is 37.8 Å². The molecular formula is C13H21N3O3S2. The Morgan fingerprint density at radius 1 is 1.48 bits per heavy atom. The Labute approximate surface area is 133 Å². The van der Waals surface area contributed by atoms with E-state index < -0.39 is 0 Å². The first-order chi connectivity index (χ1) is 9.89. The summed E-state index contributed by atoms with van der Waals surface area (Å²) in [6, 6.07) is 5.74. The van der Waals surface area contributed by atoms with E-state index in [1.807, 2.05) is 39.0 Å². The summed E-state index contributed by atoms with van der Waals surface area (Å²) in [4.78, 5) is 24.5. The maximum Gasteiger partial charge on any atom is 0.293 e. The van der Waals surface area contributed by atoms with Gasteiger partial charge in [0.05, 0.1) is 0 Å². The second-order valence-corrected chi connectivity index (χ2v) is 7.15. The van der Waals surface area contributed by atoms with Crippen molar-refractivity contribution in [1.82, 2.24) is 10.4 Å². The molecule has 0 radical (unpaired) electrons. The summed E-state index contributed by atoms with van der Waals surface area (Å²) in [5.74, 6) is 5.52. The quantitative estimate of drug-likeness (QED) is 0.206. The lowest BCUT2D eigenvalue weighted by Crippen LogP contribution is -2.30. The minimum Gasteiger partial charge on any atom is -0.462 e. The second kappa shape index (κ2) is 11.4. The Morgan fingerprint density at radius 3 is 2.62 bits per heavy atom. The molecule has 0 aliphatic carbocycles. The fraction of sp³-hybridized carbons (Fsp3) is 0.462. The molecule has 0 aliphatic heterocycles. The number of aromatic nitrogens is 1. The molecule has 3 N–H and O–H groups in total. The number of carbonyl (C=O) groups is 2. The molecule has 0 saturated heterocycles. The lowest BCUT2D eigenvalue weighted by molar-refractivity contribution is -0.138. The number of nitrogens with zero attached hydrogens (tertiary/aromatic N) is 1. The second-order valence-electron chi connectivity index (χ2n) is 4.72. The van der Waals surface area contributed by atoms with Gasteiger partial charge in [0.25, 0.3) is 6.47 Å². The van der Waals surface area contributed by atoms with E-state index in [0.717, 1.165) is 10.8 Å². The predicted octanol–water partition coefficient (Wildman–Crippen LogP) is 2.16. The van der Waals surface area contributed by atoms with Crippen molar-refractivity contribution in [1.29, 1.82) is 0 Å². The number of hydrogen-bond acceptors (Lipinski definition) is 7. The molecule has 0 spiro atoms. The van der Waals surface area contributed by atoms with Gasteiger partial charge in [-0.15, -0.1) is 0 Å². The van der Waals surface area contributed by atoms with Crippen LogP contribution in [0.25, 0.3) is 0 Å². The van der Waals surface area contributed by atoms with Crippen LogP contribution < -0.4 is 11.3 Å². The van der Waals surface area contributed by atoms with E-state index in [1.54, 1.807) is 27.8 Å². The number of carbonyl (C=O) groups excluding carboxylic acids is 2. The van der Waals surface area contributed by atoms with Gasteiger partial charge in [0.1, 0.15) is 10.6 Å². The van der Waals surface area contributed by atoms with Crippen molar-refractivity contribution in [3.63, 3.8) is 0 Å². The van der Waals surface area contributed by atoms with E-state index in [2.05, 4.69) is 15.1 Å². The van der Waals surface area contributed by atoms with Crippen LogP contribution in [0.15, 0.2) is 29.4 Å². The van der Waals surface area contributed by atoms with Gasteiger partial charge in [-0.25, -0.2) is 10.8 Å². The summed E-state index contributed by atoms with van der Waals surface area (Å²) >= 11 is 0. The molecule has 0 saturated carbocycles. The van der Waals surface area contributed by atoms with Gasteiger partial charge in [0, 0.05) is 18.4 Å². The lowest BCUT2D eigenvalue weighted by atomic mass is 10.2. The van der Waals surface area contributed by atoms with Gasteiger partial charge in [0.2, 0.25) is 5.91 Å². The van der Waals surface area contributed by atoms with Crippen LogP contribution in [0.1, 0.15) is 27.2 Å². The average molecular weight is 331 g/mol. The average Bonchev–Trinajstić information content (AvgIpc) is 2.44. The van der Waals surface area contributed by atoms with Crippen LogP contribution in [0.4, 0.5) is 0 Å². The molecule has 0 unspecified atom stereocenters. The van der Waals surface area contributed by atoms with Crippen LogP contribution in [-0.4, -0.2) is 28.7 Å². The number of nitrogens with one attached hydrogen (secondary N) is 1. The van der Waals surface area contributed by atoms with Gasteiger partial charge in [0.15, 0.2) is 0 Å². The highest BCUT2D eigenvalue weighted by Crippen LogP contribution is 2.29.